The average Bonchev–Trinajstić information content (AvgIpc) is 2.34. The molecule has 0 bridgehead atoms. The van der Waals surface area contributed by atoms with Gasteiger partial charge in [-0.2, -0.15) is 0 Å². The fraction of sp³-hybridized carbons (Fsp3) is 0.333. The first kappa shape index (κ1) is 15.3. The molecule has 1 aromatic rings. The van der Waals surface area contributed by atoms with E-state index < -0.39 is 0 Å². The molecule has 0 radical (unpaired) electrons. The molecule has 0 unspecified atom stereocenters. The molecule has 1 nitrogen and oxygen atoms in total. The van der Waals surface area contributed by atoms with Gasteiger partial charge in [-0.1, -0.05) is 70.4 Å². The number of rotatable bonds is 6. The third-order valence-electron chi connectivity index (χ3n) is 2.68. The molecule has 1 heteroatoms. The maximum absolute atomic E-state index is 5.90. The molecule has 1 aromatic carbocycles. The number of para-hydroxylation sites is 1. The van der Waals surface area contributed by atoms with Crippen LogP contribution in [-0.4, -0.2) is 6.61 Å². The number of benzene rings is 1. The Balaban J connectivity index is 2.81. The van der Waals surface area contributed by atoms with Gasteiger partial charge in [-0.3, -0.25) is 0 Å². The van der Waals surface area contributed by atoms with Crippen LogP contribution in [0.1, 0.15) is 26.3 Å². The first-order valence-corrected chi connectivity index (χ1v) is 6.61. The lowest BCUT2D eigenvalue weighted by atomic mass is 9.88. The third-order valence-corrected chi connectivity index (χ3v) is 2.68. The fourth-order valence-corrected chi connectivity index (χ4v) is 1.85. The Bertz CT molecular complexity index is 461. The molecule has 0 fully saturated rings. The van der Waals surface area contributed by atoms with Crippen molar-refractivity contribution in [2.24, 2.45) is 5.41 Å². The van der Waals surface area contributed by atoms with Crippen molar-refractivity contribution >= 4 is 0 Å². The van der Waals surface area contributed by atoms with Crippen LogP contribution < -0.4 is 4.74 Å². The van der Waals surface area contributed by atoms with Crippen LogP contribution in [0.2, 0.25) is 0 Å². The highest BCUT2D eigenvalue weighted by atomic mass is 16.5. The van der Waals surface area contributed by atoms with Crippen LogP contribution in [0.4, 0.5) is 0 Å². The molecule has 0 aromatic heterocycles. The molecule has 0 spiro atoms. The second kappa shape index (κ2) is 6.98. The summed E-state index contributed by atoms with van der Waals surface area (Å²) in [6, 6.07) is 8.22. The van der Waals surface area contributed by atoms with Crippen LogP contribution in [0.3, 0.4) is 0 Å². The topological polar surface area (TPSA) is 9.23 Å². The van der Waals surface area contributed by atoms with E-state index in [1.165, 1.54) is 5.56 Å². The van der Waals surface area contributed by atoms with Gasteiger partial charge in [0.05, 0.1) is 0 Å². The Labute approximate surface area is 117 Å². The molecule has 0 saturated carbocycles. The second-order valence-electron chi connectivity index (χ2n) is 5.82. The highest BCUT2D eigenvalue weighted by Crippen LogP contribution is 2.27. The Morgan fingerprint density at radius 1 is 1.21 bits per heavy atom. The minimum Gasteiger partial charge on any atom is -0.489 e. The van der Waals surface area contributed by atoms with E-state index in [4.69, 9.17) is 4.74 Å². The molecular formula is C18H24O. The minimum atomic E-state index is 0.248. The van der Waals surface area contributed by atoms with E-state index in [1.54, 1.807) is 12.2 Å². The maximum atomic E-state index is 5.90. The zero-order chi connectivity index (χ0) is 14.3. The number of hydrogen-bond acceptors (Lipinski definition) is 1. The van der Waals surface area contributed by atoms with Crippen molar-refractivity contribution in [3.05, 3.63) is 66.8 Å². The molecule has 0 aliphatic heterocycles. The molecule has 0 heterocycles. The van der Waals surface area contributed by atoms with Crippen molar-refractivity contribution in [2.45, 2.75) is 27.2 Å². The van der Waals surface area contributed by atoms with E-state index in [9.17, 15) is 0 Å². The lowest BCUT2D eigenvalue weighted by Crippen LogP contribution is -2.11. The van der Waals surface area contributed by atoms with E-state index in [-0.39, 0.29) is 5.41 Å². The number of hydrogen-bond donors (Lipinski definition) is 0. The van der Waals surface area contributed by atoms with Crippen molar-refractivity contribution in [3.8, 4) is 5.75 Å². The van der Waals surface area contributed by atoms with Crippen molar-refractivity contribution in [1.82, 2.24) is 0 Å². The SMILES string of the molecule is C=C/C=C(\C=C)COc1ccccc1CC(C)(C)C. The van der Waals surface area contributed by atoms with Gasteiger partial charge >= 0.3 is 0 Å². The van der Waals surface area contributed by atoms with E-state index in [1.807, 2.05) is 18.2 Å². The van der Waals surface area contributed by atoms with Crippen LogP contribution in [0.15, 0.2) is 61.2 Å². The molecule has 19 heavy (non-hydrogen) atoms. The van der Waals surface area contributed by atoms with Gasteiger partial charge in [-0.05, 0) is 29.0 Å². The zero-order valence-corrected chi connectivity index (χ0v) is 12.3. The molecule has 0 N–H and O–H groups in total. The van der Waals surface area contributed by atoms with Crippen LogP contribution in [0.25, 0.3) is 0 Å². The Morgan fingerprint density at radius 2 is 1.89 bits per heavy atom. The standard InChI is InChI=1S/C18H24O/c1-6-10-15(7-2)14-19-17-12-9-8-11-16(17)13-18(3,4)5/h6-12H,1-2,13-14H2,3-5H3/b15-10+. The van der Waals surface area contributed by atoms with Crippen molar-refractivity contribution in [2.75, 3.05) is 6.61 Å². The van der Waals surface area contributed by atoms with E-state index in [0.29, 0.717) is 6.61 Å². The van der Waals surface area contributed by atoms with Gasteiger partial charge in [-0.25, -0.2) is 0 Å². The molecule has 0 saturated heterocycles. The molecule has 102 valence electrons. The lowest BCUT2D eigenvalue weighted by molar-refractivity contribution is 0.340. The molecule has 1 rings (SSSR count). The van der Waals surface area contributed by atoms with Crippen molar-refractivity contribution < 1.29 is 4.74 Å². The second-order valence-corrected chi connectivity index (χ2v) is 5.82. The Kier molecular flexibility index (Phi) is 5.62. The molecule has 0 amide bonds. The fourth-order valence-electron chi connectivity index (χ4n) is 1.85. The molecule has 0 aliphatic carbocycles. The molecular weight excluding hydrogens is 232 g/mol. The molecule has 0 aliphatic rings. The highest BCUT2D eigenvalue weighted by Gasteiger charge is 2.14. The van der Waals surface area contributed by atoms with E-state index in [0.717, 1.165) is 17.7 Å². The predicted octanol–water partition coefficient (Wildman–Crippen LogP) is 4.95. The highest BCUT2D eigenvalue weighted by molar-refractivity contribution is 5.35. The summed E-state index contributed by atoms with van der Waals surface area (Å²) in [5.74, 6) is 0.953. The summed E-state index contributed by atoms with van der Waals surface area (Å²) in [6.45, 7) is 14.7. The summed E-state index contributed by atoms with van der Waals surface area (Å²) in [4.78, 5) is 0. The van der Waals surface area contributed by atoms with Crippen LogP contribution in [0.5, 0.6) is 5.75 Å². The maximum Gasteiger partial charge on any atom is 0.123 e. The summed E-state index contributed by atoms with van der Waals surface area (Å²) >= 11 is 0. The van der Waals surface area contributed by atoms with Crippen molar-refractivity contribution in [1.29, 1.82) is 0 Å². The normalized spacial score (nSPS) is 12.1. The first-order chi connectivity index (χ1) is 8.96. The van der Waals surface area contributed by atoms with Crippen molar-refractivity contribution in [3.63, 3.8) is 0 Å². The number of allylic oxidation sites excluding steroid dienone is 2. The quantitative estimate of drug-likeness (QED) is 0.654. The Morgan fingerprint density at radius 3 is 2.47 bits per heavy atom. The van der Waals surface area contributed by atoms with Crippen LogP contribution in [-0.2, 0) is 6.42 Å². The van der Waals surface area contributed by atoms with Crippen LogP contribution >= 0.6 is 0 Å². The van der Waals surface area contributed by atoms with Gasteiger partial charge in [0.1, 0.15) is 12.4 Å². The zero-order valence-electron chi connectivity index (χ0n) is 12.3. The van der Waals surface area contributed by atoms with E-state index >= 15 is 0 Å². The summed E-state index contributed by atoms with van der Waals surface area (Å²) < 4.78 is 5.90. The molecule has 0 atom stereocenters. The van der Waals surface area contributed by atoms with E-state index in [2.05, 4.69) is 46.1 Å². The lowest BCUT2D eigenvalue weighted by Gasteiger charge is -2.20. The Hall–Kier alpha value is -1.76. The van der Waals surface area contributed by atoms with Gasteiger partial charge in [-0.15, -0.1) is 0 Å². The average molecular weight is 256 g/mol. The van der Waals surface area contributed by atoms with Gasteiger partial charge in [0.25, 0.3) is 0 Å². The summed E-state index contributed by atoms with van der Waals surface area (Å²) in [6.07, 6.45) is 6.46. The largest absolute Gasteiger partial charge is 0.489 e. The third kappa shape index (κ3) is 5.60. The summed E-state index contributed by atoms with van der Waals surface area (Å²) in [7, 11) is 0. The van der Waals surface area contributed by atoms with Gasteiger partial charge in [0.2, 0.25) is 0 Å². The van der Waals surface area contributed by atoms with Crippen LogP contribution in [0, 0.1) is 5.41 Å². The predicted molar refractivity (Wildman–Crippen MR) is 83.6 cm³/mol. The van der Waals surface area contributed by atoms with Gasteiger partial charge in [0, 0.05) is 0 Å². The monoisotopic (exact) mass is 256 g/mol. The van der Waals surface area contributed by atoms with Gasteiger partial charge < -0.3 is 4.74 Å². The summed E-state index contributed by atoms with van der Waals surface area (Å²) in [5.41, 5.74) is 2.52. The minimum absolute atomic E-state index is 0.248. The smallest absolute Gasteiger partial charge is 0.123 e. The summed E-state index contributed by atoms with van der Waals surface area (Å²) in [5, 5.41) is 0. The van der Waals surface area contributed by atoms with Gasteiger partial charge in [0.15, 0.2) is 0 Å². The first-order valence-electron chi connectivity index (χ1n) is 6.61. The number of ether oxygens (including phenoxy) is 1.